The summed E-state index contributed by atoms with van der Waals surface area (Å²) in [5.74, 6) is 0.789. The Hall–Kier alpha value is -2.69. The van der Waals surface area contributed by atoms with Crippen molar-refractivity contribution in [1.82, 2.24) is 0 Å². The smallest absolute Gasteiger partial charge is 0.226 e. The number of hydrogen-bond donors (Lipinski definition) is 2. The lowest BCUT2D eigenvalue weighted by atomic mass is 10.2. The summed E-state index contributed by atoms with van der Waals surface area (Å²) in [5, 5.41) is 6.20. The monoisotopic (exact) mass is 369 g/mol. The van der Waals surface area contributed by atoms with Gasteiger partial charge in [-0.1, -0.05) is 0 Å². The summed E-state index contributed by atoms with van der Waals surface area (Å²) in [6.07, 6.45) is 0.541. The Labute approximate surface area is 162 Å². The average Bonchev–Trinajstić information content (AvgIpc) is 2.65. The Kier molecular flexibility index (Phi) is 7.99. The summed E-state index contributed by atoms with van der Waals surface area (Å²) in [5.41, 5.74) is 3.02. The van der Waals surface area contributed by atoms with Crippen molar-refractivity contribution in [1.29, 1.82) is 0 Å². The van der Waals surface area contributed by atoms with E-state index in [0.29, 0.717) is 13.0 Å². The molecule has 0 aliphatic carbocycles. The normalized spacial score (nSPS) is 10.6. The number of ether oxygens (including phenoxy) is 1. The van der Waals surface area contributed by atoms with Gasteiger partial charge in [0.15, 0.2) is 0 Å². The molecule has 0 bridgehead atoms. The van der Waals surface area contributed by atoms with Crippen LogP contribution in [0.2, 0.25) is 0 Å². The first-order valence-electron chi connectivity index (χ1n) is 9.67. The van der Waals surface area contributed by atoms with Crippen LogP contribution in [-0.2, 0) is 4.79 Å². The Morgan fingerprint density at radius 3 is 2.11 bits per heavy atom. The summed E-state index contributed by atoms with van der Waals surface area (Å²) in [4.78, 5) is 14.4. The topological polar surface area (TPSA) is 53.6 Å². The third-order valence-corrected chi connectivity index (χ3v) is 4.19. The van der Waals surface area contributed by atoms with Crippen molar-refractivity contribution in [3.8, 4) is 5.75 Å². The van der Waals surface area contributed by atoms with E-state index in [1.54, 1.807) is 0 Å². The highest BCUT2D eigenvalue weighted by Gasteiger charge is 2.05. The molecule has 1 amide bonds. The number of carbonyl (C=O) groups excluding carboxylic acids is 1. The van der Waals surface area contributed by atoms with E-state index in [-0.39, 0.29) is 12.0 Å². The van der Waals surface area contributed by atoms with Gasteiger partial charge in [-0.25, -0.2) is 0 Å². The van der Waals surface area contributed by atoms with Crippen LogP contribution >= 0.6 is 0 Å². The predicted octanol–water partition coefficient (Wildman–Crippen LogP) is 4.76. The molecular weight excluding hydrogens is 338 g/mol. The van der Waals surface area contributed by atoms with Crippen molar-refractivity contribution in [2.24, 2.45) is 0 Å². The zero-order chi connectivity index (χ0) is 19.6. The molecule has 0 heterocycles. The van der Waals surface area contributed by atoms with Crippen LogP contribution < -0.4 is 20.3 Å². The van der Waals surface area contributed by atoms with Crippen LogP contribution in [0.3, 0.4) is 0 Å². The number of nitrogens with one attached hydrogen (secondary N) is 2. The summed E-state index contributed by atoms with van der Waals surface area (Å²) < 4.78 is 5.60. The fraction of sp³-hybridized carbons (Fsp3) is 0.409. The molecule has 5 nitrogen and oxygen atoms in total. The van der Waals surface area contributed by atoms with E-state index < -0.39 is 0 Å². The van der Waals surface area contributed by atoms with Crippen molar-refractivity contribution in [2.75, 3.05) is 35.2 Å². The van der Waals surface area contributed by atoms with Crippen molar-refractivity contribution >= 4 is 23.0 Å². The molecule has 146 valence electrons. The molecule has 2 aromatic carbocycles. The molecule has 0 unspecified atom stereocenters. The van der Waals surface area contributed by atoms with E-state index in [1.807, 2.05) is 38.1 Å². The molecule has 0 aliphatic heterocycles. The zero-order valence-electron chi connectivity index (χ0n) is 16.8. The zero-order valence-corrected chi connectivity index (χ0v) is 16.8. The highest BCUT2D eigenvalue weighted by Crippen LogP contribution is 2.18. The van der Waals surface area contributed by atoms with E-state index in [1.165, 1.54) is 5.69 Å². The van der Waals surface area contributed by atoms with Crippen LogP contribution in [0.4, 0.5) is 17.1 Å². The standard InChI is InChI=1S/C22H31N3O2/c1-5-25(6-2)20-11-7-18(8-12-20)23-16-15-22(26)24-19-9-13-21(14-10-19)27-17(3)4/h7-14,17,23H,5-6,15-16H2,1-4H3,(H,24,26). The highest BCUT2D eigenvalue weighted by molar-refractivity contribution is 5.91. The molecule has 5 heteroatoms. The molecule has 27 heavy (non-hydrogen) atoms. The van der Waals surface area contributed by atoms with Gasteiger partial charge < -0.3 is 20.3 Å². The van der Waals surface area contributed by atoms with E-state index >= 15 is 0 Å². The third-order valence-electron chi connectivity index (χ3n) is 4.19. The Morgan fingerprint density at radius 2 is 1.56 bits per heavy atom. The van der Waals surface area contributed by atoms with Gasteiger partial charge in [-0.05, 0) is 76.2 Å². The van der Waals surface area contributed by atoms with Crippen LogP contribution in [-0.4, -0.2) is 31.6 Å². The Morgan fingerprint density at radius 1 is 0.963 bits per heavy atom. The van der Waals surface area contributed by atoms with E-state index in [9.17, 15) is 4.79 Å². The van der Waals surface area contributed by atoms with Gasteiger partial charge in [0.1, 0.15) is 5.75 Å². The van der Waals surface area contributed by atoms with Crippen LogP contribution in [0, 0.1) is 0 Å². The first-order chi connectivity index (χ1) is 13.0. The lowest BCUT2D eigenvalue weighted by molar-refractivity contribution is -0.115. The van der Waals surface area contributed by atoms with Gasteiger partial charge in [0.05, 0.1) is 6.10 Å². The second kappa shape index (κ2) is 10.5. The first kappa shape index (κ1) is 20.6. The summed E-state index contributed by atoms with van der Waals surface area (Å²) in [6.45, 7) is 10.9. The minimum atomic E-state index is -0.0141. The first-order valence-corrected chi connectivity index (χ1v) is 9.67. The maximum Gasteiger partial charge on any atom is 0.226 e. The minimum absolute atomic E-state index is 0.0141. The summed E-state index contributed by atoms with van der Waals surface area (Å²) >= 11 is 0. The molecule has 0 atom stereocenters. The summed E-state index contributed by atoms with van der Waals surface area (Å²) in [6, 6.07) is 15.8. The molecule has 0 radical (unpaired) electrons. The van der Waals surface area contributed by atoms with Crippen molar-refractivity contribution in [2.45, 2.75) is 40.2 Å². The van der Waals surface area contributed by atoms with E-state index in [4.69, 9.17) is 4.74 Å². The number of carbonyl (C=O) groups is 1. The molecule has 0 aromatic heterocycles. The maximum absolute atomic E-state index is 12.1. The van der Waals surface area contributed by atoms with Gasteiger partial charge in [-0.3, -0.25) is 4.79 Å². The van der Waals surface area contributed by atoms with Gasteiger partial charge in [0.25, 0.3) is 0 Å². The largest absolute Gasteiger partial charge is 0.491 e. The predicted molar refractivity (Wildman–Crippen MR) is 114 cm³/mol. The lowest BCUT2D eigenvalue weighted by Crippen LogP contribution is -2.21. The molecule has 0 aliphatic rings. The van der Waals surface area contributed by atoms with Crippen molar-refractivity contribution in [3.63, 3.8) is 0 Å². The lowest BCUT2D eigenvalue weighted by Gasteiger charge is -2.21. The van der Waals surface area contributed by atoms with Gasteiger partial charge in [-0.15, -0.1) is 0 Å². The van der Waals surface area contributed by atoms with E-state index in [0.717, 1.165) is 30.2 Å². The quantitative estimate of drug-likeness (QED) is 0.634. The number of amides is 1. The van der Waals surface area contributed by atoms with Gasteiger partial charge >= 0.3 is 0 Å². The molecule has 0 spiro atoms. The maximum atomic E-state index is 12.1. The number of nitrogens with zero attached hydrogens (tertiary/aromatic N) is 1. The van der Waals surface area contributed by atoms with Crippen LogP contribution in [0.15, 0.2) is 48.5 Å². The summed E-state index contributed by atoms with van der Waals surface area (Å²) in [7, 11) is 0. The van der Waals surface area contributed by atoms with Gasteiger partial charge in [0, 0.05) is 43.1 Å². The van der Waals surface area contributed by atoms with Gasteiger partial charge in [-0.2, -0.15) is 0 Å². The Bertz CT molecular complexity index is 693. The molecule has 0 saturated carbocycles. The SMILES string of the molecule is CCN(CC)c1ccc(NCCC(=O)Nc2ccc(OC(C)C)cc2)cc1. The number of anilines is 3. The molecule has 2 N–H and O–H groups in total. The number of benzene rings is 2. The number of hydrogen-bond acceptors (Lipinski definition) is 4. The minimum Gasteiger partial charge on any atom is -0.491 e. The second-order valence-electron chi connectivity index (χ2n) is 6.64. The van der Waals surface area contributed by atoms with Crippen LogP contribution in [0.1, 0.15) is 34.1 Å². The molecule has 0 fully saturated rings. The van der Waals surface area contributed by atoms with Gasteiger partial charge in [0.2, 0.25) is 5.91 Å². The molecule has 2 aromatic rings. The van der Waals surface area contributed by atoms with E-state index in [2.05, 4.69) is 53.6 Å². The molecule has 0 saturated heterocycles. The Balaban J connectivity index is 1.75. The van der Waals surface area contributed by atoms with Crippen molar-refractivity contribution < 1.29 is 9.53 Å². The fourth-order valence-electron chi connectivity index (χ4n) is 2.81. The molecular formula is C22H31N3O2. The number of rotatable bonds is 10. The second-order valence-corrected chi connectivity index (χ2v) is 6.64. The average molecular weight is 370 g/mol. The van der Waals surface area contributed by atoms with Crippen LogP contribution in [0.25, 0.3) is 0 Å². The van der Waals surface area contributed by atoms with Crippen molar-refractivity contribution in [3.05, 3.63) is 48.5 Å². The van der Waals surface area contributed by atoms with Crippen LogP contribution in [0.5, 0.6) is 5.75 Å². The molecule has 2 rings (SSSR count). The fourth-order valence-corrected chi connectivity index (χ4v) is 2.81. The highest BCUT2D eigenvalue weighted by atomic mass is 16.5. The third kappa shape index (κ3) is 6.85.